The molecule has 2 rings (SSSR count). The van der Waals surface area contributed by atoms with Gasteiger partial charge in [0.15, 0.2) is 0 Å². The fourth-order valence-electron chi connectivity index (χ4n) is 1.83. The van der Waals surface area contributed by atoms with E-state index in [2.05, 4.69) is 21.2 Å². The maximum Gasteiger partial charge on any atom is 0.257 e. The van der Waals surface area contributed by atoms with Crippen LogP contribution in [0.3, 0.4) is 0 Å². The number of amides is 1. The van der Waals surface area contributed by atoms with Crippen LogP contribution >= 0.6 is 15.9 Å². The number of nitrogen functional groups attached to an aromatic ring is 1. The molecule has 0 aliphatic heterocycles. The zero-order valence-electron chi connectivity index (χ0n) is 11.2. The van der Waals surface area contributed by atoms with Crippen molar-refractivity contribution in [2.75, 3.05) is 18.2 Å². The summed E-state index contributed by atoms with van der Waals surface area (Å²) in [6.07, 6.45) is 0. The molecule has 0 radical (unpaired) electrons. The van der Waals surface area contributed by atoms with Crippen LogP contribution in [-0.4, -0.2) is 13.0 Å². The largest absolute Gasteiger partial charge is 0.497 e. The molecule has 2 aromatic rings. The van der Waals surface area contributed by atoms with E-state index in [1.54, 1.807) is 25.3 Å². The van der Waals surface area contributed by atoms with Crippen LogP contribution in [0.2, 0.25) is 0 Å². The van der Waals surface area contributed by atoms with Gasteiger partial charge in [-0.15, -0.1) is 0 Å². The van der Waals surface area contributed by atoms with Gasteiger partial charge in [-0.1, -0.05) is 28.1 Å². The van der Waals surface area contributed by atoms with Crippen LogP contribution in [0, 0.1) is 6.92 Å². The molecule has 4 nitrogen and oxygen atoms in total. The van der Waals surface area contributed by atoms with Crippen molar-refractivity contribution in [3.63, 3.8) is 0 Å². The van der Waals surface area contributed by atoms with Gasteiger partial charge in [-0.3, -0.25) is 4.79 Å². The summed E-state index contributed by atoms with van der Waals surface area (Å²) in [5, 5.41) is 2.81. The number of methoxy groups -OCH3 is 1. The molecule has 0 heterocycles. The van der Waals surface area contributed by atoms with Gasteiger partial charge in [0.25, 0.3) is 5.91 Å². The smallest absolute Gasteiger partial charge is 0.257 e. The van der Waals surface area contributed by atoms with Crippen molar-refractivity contribution >= 4 is 33.2 Å². The van der Waals surface area contributed by atoms with Crippen molar-refractivity contribution in [1.29, 1.82) is 0 Å². The lowest BCUT2D eigenvalue weighted by Gasteiger charge is -2.10. The van der Waals surface area contributed by atoms with E-state index in [0.717, 1.165) is 10.0 Å². The van der Waals surface area contributed by atoms with Gasteiger partial charge in [-0.25, -0.2) is 0 Å². The first-order valence-corrected chi connectivity index (χ1v) is 6.81. The Kier molecular flexibility index (Phi) is 4.29. The molecule has 20 heavy (non-hydrogen) atoms. The molecule has 0 bridgehead atoms. The fraction of sp³-hybridized carbons (Fsp3) is 0.133. The Morgan fingerprint density at radius 3 is 2.75 bits per heavy atom. The van der Waals surface area contributed by atoms with E-state index in [1.807, 2.05) is 25.1 Å². The highest BCUT2D eigenvalue weighted by Crippen LogP contribution is 2.25. The molecule has 0 saturated carbocycles. The number of carbonyl (C=O) groups excluding carboxylic acids is 1. The van der Waals surface area contributed by atoms with E-state index in [4.69, 9.17) is 10.5 Å². The molecule has 0 saturated heterocycles. The number of nitrogens with one attached hydrogen (secondary N) is 1. The van der Waals surface area contributed by atoms with Gasteiger partial charge in [0.1, 0.15) is 5.75 Å². The molecule has 0 fully saturated rings. The highest BCUT2D eigenvalue weighted by Gasteiger charge is 2.11. The number of rotatable bonds is 3. The standard InChI is InChI=1S/C15H15BrN2O2/c1-9-4-3-5-13(14(9)17)15(19)18-11-6-10(16)7-12(8-11)20-2/h3-8H,17H2,1-2H3,(H,18,19). The van der Waals surface area contributed by atoms with Crippen LogP contribution in [0.15, 0.2) is 40.9 Å². The Morgan fingerprint density at radius 2 is 2.05 bits per heavy atom. The third kappa shape index (κ3) is 3.11. The van der Waals surface area contributed by atoms with E-state index in [-0.39, 0.29) is 5.91 Å². The van der Waals surface area contributed by atoms with Gasteiger partial charge in [0, 0.05) is 21.9 Å². The Hall–Kier alpha value is -2.01. The molecule has 1 amide bonds. The van der Waals surface area contributed by atoms with Crippen molar-refractivity contribution in [2.24, 2.45) is 0 Å². The number of hydrogen-bond donors (Lipinski definition) is 2. The topological polar surface area (TPSA) is 64.3 Å². The first-order valence-electron chi connectivity index (χ1n) is 6.02. The van der Waals surface area contributed by atoms with Crippen LogP contribution < -0.4 is 15.8 Å². The molecule has 0 unspecified atom stereocenters. The van der Waals surface area contributed by atoms with E-state index < -0.39 is 0 Å². The second-order valence-electron chi connectivity index (χ2n) is 4.37. The van der Waals surface area contributed by atoms with Crippen molar-refractivity contribution in [3.8, 4) is 5.75 Å². The molecule has 5 heteroatoms. The number of carbonyl (C=O) groups is 1. The monoisotopic (exact) mass is 334 g/mol. The van der Waals surface area contributed by atoms with Crippen molar-refractivity contribution < 1.29 is 9.53 Å². The quantitative estimate of drug-likeness (QED) is 0.843. The number of halogens is 1. The predicted octanol–water partition coefficient (Wildman–Crippen LogP) is 3.60. The summed E-state index contributed by atoms with van der Waals surface area (Å²) >= 11 is 3.37. The summed E-state index contributed by atoms with van der Waals surface area (Å²) in [6.45, 7) is 1.87. The number of nitrogens with two attached hydrogens (primary N) is 1. The minimum absolute atomic E-state index is 0.244. The molecule has 0 atom stereocenters. The van der Waals surface area contributed by atoms with Crippen LogP contribution in [0.4, 0.5) is 11.4 Å². The number of anilines is 2. The van der Waals surface area contributed by atoms with Crippen LogP contribution in [0.5, 0.6) is 5.75 Å². The van der Waals surface area contributed by atoms with Crippen LogP contribution in [-0.2, 0) is 0 Å². The third-order valence-electron chi connectivity index (χ3n) is 2.93. The summed E-state index contributed by atoms with van der Waals surface area (Å²) in [7, 11) is 1.58. The fourth-order valence-corrected chi connectivity index (χ4v) is 2.30. The maximum atomic E-state index is 12.3. The summed E-state index contributed by atoms with van der Waals surface area (Å²) < 4.78 is 5.98. The lowest BCUT2D eigenvalue weighted by atomic mass is 10.1. The average molecular weight is 335 g/mol. The van der Waals surface area contributed by atoms with Crippen LogP contribution in [0.25, 0.3) is 0 Å². The molecular formula is C15H15BrN2O2. The Morgan fingerprint density at radius 1 is 1.30 bits per heavy atom. The molecular weight excluding hydrogens is 320 g/mol. The highest BCUT2D eigenvalue weighted by molar-refractivity contribution is 9.10. The predicted molar refractivity (Wildman–Crippen MR) is 84.2 cm³/mol. The first-order chi connectivity index (χ1) is 9.51. The first kappa shape index (κ1) is 14.4. The molecule has 3 N–H and O–H groups in total. The van der Waals surface area contributed by atoms with Gasteiger partial charge in [0.2, 0.25) is 0 Å². The lowest BCUT2D eigenvalue weighted by molar-refractivity contribution is 0.102. The molecule has 2 aromatic carbocycles. The number of ether oxygens (including phenoxy) is 1. The Bertz CT molecular complexity index is 656. The second-order valence-corrected chi connectivity index (χ2v) is 5.29. The van der Waals surface area contributed by atoms with Crippen LogP contribution in [0.1, 0.15) is 15.9 Å². The third-order valence-corrected chi connectivity index (χ3v) is 3.39. The highest BCUT2D eigenvalue weighted by atomic mass is 79.9. The molecule has 0 aromatic heterocycles. The lowest BCUT2D eigenvalue weighted by Crippen LogP contribution is -2.14. The van der Waals surface area contributed by atoms with Gasteiger partial charge in [-0.2, -0.15) is 0 Å². The van der Waals surface area contributed by atoms with Crippen molar-refractivity contribution in [1.82, 2.24) is 0 Å². The van der Waals surface area contributed by atoms with Gasteiger partial charge < -0.3 is 15.8 Å². The van der Waals surface area contributed by atoms with Gasteiger partial charge >= 0.3 is 0 Å². The van der Waals surface area contributed by atoms with E-state index in [0.29, 0.717) is 22.7 Å². The van der Waals surface area contributed by atoms with Gasteiger partial charge in [0.05, 0.1) is 12.7 Å². The van der Waals surface area contributed by atoms with E-state index in [1.165, 1.54) is 0 Å². The van der Waals surface area contributed by atoms with Gasteiger partial charge in [-0.05, 0) is 30.7 Å². The summed E-state index contributed by atoms with van der Waals surface area (Å²) in [6, 6.07) is 10.7. The second kappa shape index (κ2) is 5.96. The molecule has 0 spiro atoms. The zero-order chi connectivity index (χ0) is 14.7. The molecule has 104 valence electrons. The number of hydrogen-bond acceptors (Lipinski definition) is 3. The number of benzene rings is 2. The van der Waals surface area contributed by atoms with E-state index >= 15 is 0 Å². The Labute approximate surface area is 126 Å². The van der Waals surface area contributed by atoms with Crippen molar-refractivity contribution in [3.05, 3.63) is 52.0 Å². The van der Waals surface area contributed by atoms with E-state index in [9.17, 15) is 4.79 Å². The SMILES string of the molecule is COc1cc(Br)cc(NC(=O)c2cccc(C)c2N)c1. The molecule has 0 aliphatic rings. The Balaban J connectivity index is 2.28. The zero-order valence-corrected chi connectivity index (χ0v) is 12.8. The minimum atomic E-state index is -0.244. The number of aryl methyl sites for hydroxylation is 1. The minimum Gasteiger partial charge on any atom is -0.497 e. The summed E-state index contributed by atoms with van der Waals surface area (Å²) in [5.74, 6) is 0.415. The normalized spacial score (nSPS) is 10.2. The summed E-state index contributed by atoms with van der Waals surface area (Å²) in [4.78, 5) is 12.3. The summed E-state index contributed by atoms with van der Waals surface area (Å²) in [5.41, 5.74) is 8.40. The number of para-hydroxylation sites is 1. The molecule has 0 aliphatic carbocycles. The van der Waals surface area contributed by atoms with Crippen molar-refractivity contribution in [2.45, 2.75) is 6.92 Å². The maximum absolute atomic E-state index is 12.3. The average Bonchev–Trinajstić information content (AvgIpc) is 2.41.